The Bertz CT molecular complexity index is 479. The summed E-state index contributed by atoms with van der Waals surface area (Å²) in [6, 6.07) is 5.28. The van der Waals surface area contributed by atoms with Crippen LogP contribution in [0, 0.1) is 0 Å². The molecular weight excluding hydrogens is 319 g/mol. The van der Waals surface area contributed by atoms with Crippen LogP contribution in [-0.2, 0) is 11.2 Å². The molecule has 1 aliphatic rings. The average molecular weight is 335 g/mol. The first-order valence-electron chi connectivity index (χ1n) is 6.21. The summed E-state index contributed by atoms with van der Waals surface area (Å²) in [5.74, 6) is 1.15. The summed E-state index contributed by atoms with van der Waals surface area (Å²) in [6.45, 7) is 4.41. The fraction of sp³-hybridized carbons (Fsp3) is 0.500. The van der Waals surface area contributed by atoms with E-state index in [2.05, 4.69) is 13.8 Å². The Labute approximate surface area is 132 Å². The van der Waals surface area contributed by atoms with E-state index in [4.69, 9.17) is 23.2 Å². The Morgan fingerprint density at radius 1 is 1.32 bits per heavy atom. The normalized spacial score (nSPS) is 27.3. The molecule has 0 aliphatic carbocycles. The van der Waals surface area contributed by atoms with E-state index < -0.39 is 0 Å². The highest BCUT2D eigenvalue weighted by Crippen LogP contribution is 2.36. The molecule has 1 saturated heterocycles. The lowest BCUT2D eigenvalue weighted by atomic mass is 10.1. The van der Waals surface area contributed by atoms with E-state index >= 15 is 0 Å². The maximum absolute atomic E-state index is 12.3. The first kappa shape index (κ1) is 15.6. The number of carbonyl (C=O) groups is 1. The summed E-state index contributed by atoms with van der Waals surface area (Å²) < 4.78 is 0. The van der Waals surface area contributed by atoms with Crippen molar-refractivity contribution in [2.45, 2.75) is 36.0 Å². The van der Waals surface area contributed by atoms with Crippen LogP contribution in [0.5, 0.6) is 0 Å². The maximum Gasteiger partial charge on any atom is 0.151 e. The quantitative estimate of drug-likeness (QED) is 0.795. The summed E-state index contributed by atoms with van der Waals surface area (Å²) in [4.78, 5) is 12.3. The Balaban J connectivity index is 2.03. The molecule has 0 amide bonds. The average Bonchev–Trinajstić information content (AvgIpc) is 2.37. The minimum Gasteiger partial charge on any atom is -0.298 e. The van der Waals surface area contributed by atoms with E-state index in [1.54, 1.807) is 30.0 Å². The Hall–Kier alpha value is 0.170. The fourth-order valence-corrected chi connectivity index (χ4v) is 5.20. The molecule has 3 atom stereocenters. The Morgan fingerprint density at radius 2 is 2.05 bits per heavy atom. The standard InChI is InChI=1S/C14H16Cl2OS2/c1-8-9(2)19-14(7-18-8)13(17)6-10-5-11(15)3-4-12(10)16/h3-5,8-9,14H,6-7H2,1-2H3. The molecule has 1 heterocycles. The predicted molar refractivity (Wildman–Crippen MR) is 87.9 cm³/mol. The summed E-state index contributed by atoms with van der Waals surface area (Å²) in [6.07, 6.45) is 0.374. The highest BCUT2D eigenvalue weighted by atomic mass is 35.5. The van der Waals surface area contributed by atoms with E-state index in [0.717, 1.165) is 11.3 Å². The molecule has 0 saturated carbocycles. The third kappa shape index (κ3) is 4.07. The number of benzene rings is 1. The summed E-state index contributed by atoms with van der Waals surface area (Å²) in [5.41, 5.74) is 0.830. The van der Waals surface area contributed by atoms with Crippen LogP contribution in [0.3, 0.4) is 0 Å². The number of hydrogen-bond donors (Lipinski definition) is 0. The van der Waals surface area contributed by atoms with Crippen LogP contribution < -0.4 is 0 Å². The SMILES string of the molecule is CC1SCC(C(=O)Cc2cc(Cl)ccc2Cl)SC1C. The van der Waals surface area contributed by atoms with Gasteiger partial charge in [0.05, 0.1) is 5.25 Å². The molecule has 19 heavy (non-hydrogen) atoms. The van der Waals surface area contributed by atoms with Crippen LogP contribution in [0.1, 0.15) is 19.4 Å². The van der Waals surface area contributed by atoms with E-state index in [-0.39, 0.29) is 11.0 Å². The van der Waals surface area contributed by atoms with Crippen molar-refractivity contribution in [2.24, 2.45) is 0 Å². The topological polar surface area (TPSA) is 17.1 Å². The van der Waals surface area contributed by atoms with E-state index in [1.165, 1.54) is 0 Å². The molecule has 1 aliphatic heterocycles. The molecule has 5 heteroatoms. The molecule has 2 rings (SSSR count). The van der Waals surface area contributed by atoms with Crippen LogP contribution in [0.2, 0.25) is 10.0 Å². The number of Topliss-reactive ketones (excluding diaryl/α,β-unsaturated/α-hetero) is 1. The Kier molecular flexibility index (Phi) is 5.53. The smallest absolute Gasteiger partial charge is 0.151 e. The highest BCUT2D eigenvalue weighted by Gasteiger charge is 2.30. The molecule has 0 radical (unpaired) electrons. The van der Waals surface area contributed by atoms with Crippen molar-refractivity contribution in [2.75, 3.05) is 5.75 Å². The predicted octanol–water partition coefficient (Wildman–Crippen LogP) is 4.73. The molecule has 1 aromatic carbocycles. The van der Waals surface area contributed by atoms with Gasteiger partial charge in [0, 0.05) is 32.7 Å². The van der Waals surface area contributed by atoms with Gasteiger partial charge in [0.15, 0.2) is 5.78 Å². The second-order valence-electron chi connectivity index (χ2n) is 4.75. The first-order chi connectivity index (χ1) is 8.97. The lowest BCUT2D eigenvalue weighted by Crippen LogP contribution is -2.32. The van der Waals surface area contributed by atoms with Crippen LogP contribution in [0.25, 0.3) is 0 Å². The fourth-order valence-electron chi connectivity index (χ4n) is 1.93. The zero-order valence-electron chi connectivity index (χ0n) is 10.9. The van der Waals surface area contributed by atoms with Gasteiger partial charge >= 0.3 is 0 Å². The molecule has 104 valence electrons. The number of carbonyl (C=O) groups excluding carboxylic acids is 1. The minimum absolute atomic E-state index is 0.0752. The van der Waals surface area contributed by atoms with Gasteiger partial charge in [0.1, 0.15) is 0 Å². The maximum atomic E-state index is 12.3. The van der Waals surface area contributed by atoms with E-state index in [1.807, 2.05) is 11.8 Å². The molecule has 0 spiro atoms. The largest absolute Gasteiger partial charge is 0.298 e. The van der Waals surface area contributed by atoms with Crippen LogP contribution in [0.4, 0.5) is 0 Å². The first-order valence-corrected chi connectivity index (χ1v) is 8.96. The van der Waals surface area contributed by atoms with Gasteiger partial charge in [-0.15, -0.1) is 11.8 Å². The summed E-state index contributed by atoms with van der Waals surface area (Å²) >= 11 is 15.7. The number of halogens is 2. The lowest BCUT2D eigenvalue weighted by Gasteiger charge is -2.30. The number of ketones is 1. The summed E-state index contributed by atoms with van der Waals surface area (Å²) in [7, 11) is 0. The zero-order chi connectivity index (χ0) is 14.0. The second kappa shape index (κ2) is 6.75. The van der Waals surface area contributed by atoms with E-state index in [0.29, 0.717) is 27.0 Å². The van der Waals surface area contributed by atoms with Crippen molar-refractivity contribution in [3.05, 3.63) is 33.8 Å². The lowest BCUT2D eigenvalue weighted by molar-refractivity contribution is -0.117. The molecule has 0 aromatic heterocycles. The van der Waals surface area contributed by atoms with Gasteiger partial charge in [-0.1, -0.05) is 37.0 Å². The van der Waals surface area contributed by atoms with Gasteiger partial charge in [-0.2, -0.15) is 11.8 Å². The van der Waals surface area contributed by atoms with Crippen molar-refractivity contribution in [3.8, 4) is 0 Å². The van der Waals surface area contributed by atoms with Crippen LogP contribution >= 0.6 is 46.7 Å². The van der Waals surface area contributed by atoms with Crippen LogP contribution in [-0.4, -0.2) is 27.3 Å². The van der Waals surface area contributed by atoms with Crippen molar-refractivity contribution >= 4 is 52.5 Å². The molecule has 0 N–H and O–H groups in total. The monoisotopic (exact) mass is 334 g/mol. The van der Waals surface area contributed by atoms with Gasteiger partial charge in [0.25, 0.3) is 0 Å². The third-order valence-corrected chi connectivity index (χ3v) is 7.32. The van der Waals surface area contributed by atoms with Gasteiger partial charge in [-0.05, 0) is 23.8 Å². The number of hydrogen-bond acceptors (Lipinski definition) is 3. The van der Waals surface area contributed by atoms with Gasteiger partial charge < -0.3 is 0 Å². The molecule has 1 aromatic rings. The van der Waals surface area contributed by atoms with Crippen molar-refractivity contribution < 1.29 is 4.79 Å². The summed E-state index contributed by atoms with van der Waals surface area (Å²) in [5, 5.41) is 2.45. The number of thioether (sulfide) groups is 2. The molecule has 3 unspecified atom stereocenters. The third-order valence-electron chi connectivity index (χ3n) is 3.28. The zero-order valence-corrected chi connectivity index (χ0v) is 14.0. The van der Waals surface area contributed by atoms with Gasteiger partial charge in [-0.25, -0.2) is 0 Å². The minimum atomic E-state index is 0.0752. The van der Waals surface area contributed by atoms with Crippen molar-refractivity contribution in [1.82, 2.24) is 0 Å². The van der Waals surface area contributed by atoms with Crippen molar-refractivity contribution in [1.29, 1.82) is 0 Å². The number of rotatable bonds is 3. The van der Waals surface area contributed by atoms with Gasteiger partial charge in [-0.3, -0.25) is 4.79 Å². The second-order valence-corrected chi connectivity index (χ2v) is 8.59. The van der Waals surface area contributed by atoms with E-state index in [9.17, 15) is 4.79 Å². The molecule has 0 bridgehead atoms. The van der Waals surface area contributed by atoms with Crippen LogP contribution in [0.15, 0.2) is 18.2 Å². The van der Waals surface area contributed by atoms with Gasteiger partial charge in [0.2, 0.25) is 0 Å². The Morgan fingerprint density at radius 3 is 2.74 bits per heavy atom. The molecular formula is C14H16Cl2OS2. The van der Waals surface area contributed by atoms with Crippen molar-refractivity contribution in [3.63, 3.8) is 0 Å². The highest BCUT2D eigenvalue weighted by molar-refractivity contribution is 8.08. The molecule has 1 fully saturated rings. The molecule has 1 nitrogen and oxygen atoms in total.